The highest BCUT2D eigenvalue weighted by molar-refractivity contribution is 9.09. The normalized spacial score (nSPS) is 11.6. The minimum Gasteiger partial charge on any atom is -0.211 e. The molecule has 1 rings (SSSR count). The lowest BCUT2D eigenvalue weighted by atomic mass is 10.2. The van der Waals surface area contributed by atoms with Gasteiger partial charge in [0.2, 0.25) is 10.0 Å². The summed E-state index contributed by atoms with van der Waals surface area (Å²) in [5.41, 5.74) is 1.06. The summed E-state index contributed by atoms with van der Waals surface area (Å²) >= 11 is 3.35. The quantitative estimate of drug-likeness (QED) is 0.620. The fourth-order valence-corrected chi connectivity index (χ4v) is 2.87. The average molecular weight is 320 g/mol. The Morgan fingerprint density at radius 2 is 1.76 bits per heavy atom. The number of unbranched alkanes of at least 4 members (excludes halogenated alkanes) is 2. The highest BCUT2D eigenvalue weighted by Crippen LogP contribution is 2.09. The Hall–Kier alpha value is -0.390. The highest BCUT2D eigenvalue weighted by atomic mass is 79.9. The van der Waals surface area contributed by atoms with Crippen LogP contribution in [0.2, 0.25) is 0 Å². The third kappa shape index (κ3) is 5.19. The largest absolute Gasteiger partial charge is 0.240 e. The van der Waals surface area contributed by atoms with E-state index >= 15 is 0 Å². The van der Waals surface area contributed by atoms with Crippen molar-refractivity contribution in [2.75, 3.05) is 11.9 Å². The van der Waals surface area contributed by atoms with Crippen molar-refractivity contribution in [1.82, 2.24) is 4.72 Å². The Labute approximate surface area is 112 Å². The van der Waals surface area contributed by atoms with Gasteiger partial charge in [0.15, 0.2) is 0 Å². The minimum atomic E-state index is -3.33. The van der Waals surface area contributed by atoms with Crippen LogP contribution >= 0.6 is 15.9 Å². The second-order valence-corrected chi connectivity index (χ2v) is 6.52. The SMILES string of the molecule is Cc1ccc(S(=O)(=O)NCCCCCBr)cc1. The average Bonchev–Trinajstić information content (AvgIpc) is 2.29. The molecule has 0 heterocycles. The van der Waals surface area contributed by atoms with Gasteiger partial charge in [-0.15, -0.1) is 0 Å². The molecule has 0 amide bonds. The van der Waals surface area contributed by atoms with Crippen LogP contribution in [0.3, 0.4) is 0 Å². The maximum Gasteiger partial charge on any atom is 0.240 e. The zero-order valence-electron chi connectivity index (χ0n) is 9.95. The number of halogens is 1. The van der Waals surface area contributed by atoms with E-state index in [-0.39, 0.29) is 0 Å². The summed E-state index contributed by atoms with van der Waals surface area (Å²) in [5, 5.41) is 0.970. The maximum absolute atomic E-state index is 11.9. The molecule has 96 valence electrons. The number of hydrogen-bond donors (Lipinski definition) is 1. The molecular weight excluding hydrogens is 302 g/mol. The van der Waals surface area contributed by atoms with Crippen molar-refractivity contribution in [3.63, 3.8) is 0 Å². The van der Waals surface area contributed by atoms with Crippen LogP contribution in [0.1, 0.15) is 24.8 Å². The van der Waals surface area contributed by atoms with Crippen LogP contribution in [0.25, 0.3) is 0 Å². The first-order valence-electron chi connectivity index (χ1n) is 5.68. The van der Waals surface area contributed by atoms with Gasteiger partial charge in [0, 0.05) is 11.9 Å². The smallest absolute Gasteiger partial charge is 0.211 e. The Balaban J connectivity index is 2.48. The molecule has 3 nitrogen and oxygen atoms in total. The molecule has 0 saturated carbocycles. The summed E-state index contributed by atoms with van der Waals surface area (Å²) < 4.78 is 26.3. The van der Waals surface area contributed by atoms with Gasteiger partial charge in [-0.05, 0) is 31.9 Å². The first-order chi connectivity index (χ1) is 8.06. The second-order valence-electron chi connectivity index (χ2n) is 3.96. The van der Waals surface area contributed by atoms with Crippen molar-refractivity contribution in [3.8, 4) is 0 Å². The molecule has 0 unspecified atom stereocenters. The molecule has 0 fully saturated rings. The Morgan fingerprint density at radius 1 is 1.12 bits per heavy atom. The Kier molecular flexibility index (Phi) is 6.16. The molecule has 1 aromatic carbocycles. The number of rotatable bonds is 7. The molecule has 0 atom stereocenters. The predicted molar refractivity (Wildman–Crippen MR) is 74.0 cm³/mol. The molecule has 1 N–H and O–H groups in total. The number of alkyl halides is 1. The van der Waals surface area contributed by atoms with Gasteiger partial charge < -0.3 is 0 Å². The Bertz CT molecular complexity index is 428. The molecule has 0 bridgehead atoms. The number of hydrogen-bond acceptors (Lipinski definition) is 2. The fraction of sp³-hybridized carbons (Fsp3) is 0.500. The van der Waals surface area contributed by atoms with Crippen LogP contribution in [0.4, 0.5) is 0 Å². The van der Waals surface area contributed by atoms with E-state index in [0.717, 1.165) is 30.2 Å². The summed E-state index contributed by atoms with van der Waals surface area (Å²) in [5.74, 6) is 0. The molecule has 0 aliphatic carbocycles. The molecule has 0 aliphatic rings. The molecule has 0 aliphatic heterocycles. The number of aryl methyl sites for hydroxylation is 1. The van der Waals surface area contributed by atoms with Crippen molar-refractivity contribution in [1.29, 1.82) is 0 Å². The third-order valence-corrected chi connectivity index (χ3v) is 4.47. The fourth-order valence-electron chi connectivity index (χ4n) is 1.40. The van der Waals surface area contributed by atoms with Crippen molar-refractivity contribution in [3.05, 3.63) is 29.8 Å². The number of sulfonamides is 1. The van der Waals surface area contributed by atoms with Crippen molar-refractivity contribution in [2.45, 2.75) is 31.1 Å². The van der Waals surface area contributed by atoms with E-state index < -0.39 is 10.0 Å². The first kappa shape index (κ1) is 14.7. The van der Waals surface area contributed by atoms with Gasteiger partial charge >= 0.3 is 0 Å². The Morgan fingerprint density at radius 3 is 2.35 bits per heavy atom. The molecule has 0 saturated heterocycles. The lowest BCUT2D eigenvalue weighted by Crippen LogP contribution is -2.24. The van der Waals surface area contributed by atoms with E-state index in [9.17, 15) is 8.42 Å². The zero-order chi connectivity index (χ0) is 12.7. The van der Waals surface area contributed by atoms with Gasteiger partial charge in [0.1, 0.15) is 0 Å². The minimum absolute atomic E-state index is 0.337. The molecule has 17 heavy (non-hydrogen) atoms. The van der Waals surface area contributed by atoms with E-state index in [2.05, 4.69) is 20.7 Å². The van der Waals surface area contributed by atoms with Gasteiger partial charge in [-0.3, -0.25) is 0 Å². The first-order valence-corrected chi connectivity index (χ1v) is 8.29. The van der Waals surface area contributed by atoms with Gasteiger partial charge in [-0.2, -0.15) is 0 Å². The van der Waals surface area contributed by atoms with Crippen molar-refractivity contribution in [2.24, 2.45) is 0 Å². The highest BCUT2D eigenvalue weighted by Gasteiger charge is 2.12. The van der Waals surface area contributed by atoms with E-state index in [0.29, 0.717) is 11.4 Å². The number of benzene rings is 1. The summed E-state index contributed by atoms with van der Waals surface area (Å²) in [6.07, 6.45) is 2.98. The lowest BCUT2D eigenvalue weighted by Gasteiger charge is -2.06. The molecule has 0 radical (unpaired) electrons. The maximum atomic E-state index is 11.9. The number of nitrogens with one attached hydrogen (secondary N) is 1. The summed E-state index contributed by atoms with van der Waals surface area (Å²) in [7, 11) is -3.33. The van der Waals surface area contributed by atoms with Crippen LogP contribution in [-0.4, -0.2) is 20.3 Å². The van der Waals surface area contributed by atoms with Crippen molar-refractivity contribution >= 4 is 26.0 Å². The molecule has 0 spiro atoms. The molecule has 0 aromatic heterocycles. The molecule has 5 heteroatoms. The topological polar surface area (TPSA) is 46.2 Å². The van der Waals surface area contributed by atoms with Crippen LogP contribution < -0.4 is 4.72 Å². The third-order valence-electron chi connectivity index (χ3n) is 2.43. The van der Waals surface area contributed by atoms with Gasteiger partial charge in [-0.1, -0.05) is 40.0 Å². The van der Waals surface area contributed by atoms with Gasteiger partial charge in [-0.25, -0.2) is 13.1 Å². The van der Waals surface area contributed by atoms with Gasteiger partial charge in [0.05, 0.1) is 4.90 Å². The second kappa shape index (κ2) is 7.13. The predicted octanol–water partition coefficient (Wildman–Crippen LogP) is 2.84. The van der Waals surface area contributed by atoms with Crippen LogP contribution in [0.15, 0.2) is 29.2 Å². The van der Waals surface area contributed by atoms with E-state index in [1.807, 2.05) is 6.92 Å². The van der Waals surface area contributed by atoms with Crippen molar-refractivity contribution < 1.29 is 8.42 Å². The van der Waals surface area contributed by atoms with E-state index in [4.69, 9.17) is 0 Å². The summed E-state index contributed by atoms with van der Waals surface area (Å²) in [6.45, 7) is 2.44. The molecule has 1 aromatic rings. The van der Waals surface area contributed by atoms with Crippen LogP contribution in [0.5, 0.6) is 0 Å². The van der Waals surface area contributed by atoms with Crippen LogP contribution in [-0.2, 0) is 10.0 Å². The monoisotopic (exact) mass is 319 g/mol. The zero-order valence-corrected chi connectivity index (χ0v) is 12.4. The van der Waals surface area contributed by atoms with E-state index in [1.165, 1.54) is 0 Å². The summed E-state index contributed by atoms with van der Waals surface area (Å²) in [4.78, 5) is 0.337. The van der Waals surface area contributed by atoms with Crippen LogP contribution in [0, 0.1) is 6.92 Å². The summed E-state index contributed by atoms with van der Waals surface area (Å²) in [6, 6.07) is 6.88. The standard InChI is InChI=1S/C12H18BrNO2S/c1-11-5-7-12(8-6-11)17(15,16)14-10-4-2-3-9-13/h5-8,14H,2-4,9-10H2,1H3. The molecular formula is C12H18BrNO2S. The lowest BCUT2D eigenvalue weighted by molar-refractivity contribution is 0.576. The van der Waals surface area contributed by atoms with E-state index in [1.54, 1.807) is 24.3 Å². The van der Waals surface area contributed by atoms with Gasteiger partial charge in [0.25, 0.3) is 0 Å².